The predicted molar refractivity (Wildman–Crippen MR) is 123 cm³/mol. The number of nitrogens with one attached hydrogen (secondary N) is 1. The molecule has 0 aliphatic carbocycles. The number of nitrogens with two attached hydrogens (primary N) is 1. The fraction of sp³-hybridized carbons (Fsp3) is 0.0385. The number of aryl methyl sites for hydroxylation is 1. The van der Waals surface area contributed by atoms with Crippen molar-refractivity contribution in [1.82, 2.24) is 0 Å². The van der Waals surface area contributed by atoms with Crippen molar-refractivity contribution < 1.29 is 4.79 Å². The van der Waals surface area contributed by atoms with Crippen LogP contribution in [0.5, 0.6) is 0 Å². The number of hydrogen-bond acceptors (Lipinski definition) is 2. The number of carbonyl (C=O) groups is 1. The van der Waals surface area contributed by atoms with Crippen molar-refractivity contribution >= 4 is 49.6 Å². The van der Waals surface area contributed by atoms with E-state index in [4.69, 9.17) is 5.73 Å². The zero-order chi connectivity index (χ0) is 20.0. The highest BCUT2D eigenvalue weighted by Crippen LogP contribution is 2.38. The van der Waals surface area contributed by atoms with Crippen molar-refractivity contribution in [1.29, 1.82) is 0 Å². The Labute approximate surface area is 168 Å². The molecule has 3 nitrogen and oxygen atoms in total. The highest BCUT2D eigenvalue weighted by Gasteiger charge is 2.17. The van der Waals surface area contributed by atoms with Crippen molar-refractivity contribution in [2.24, 2.45) is 0 Å². The van der Waals surface area contributed by atoms with Crippen LogP contribution in [0, 0.1) is 6.92 Å². The third-order valence-electron chi connectivity index (χ3n) is 5.57. The van der Waals surface area contributed by atoms with E-state index in [1.165, 1.54) is 0 Å². The lowest BCUT2D eigenvalue weighted by atomic mass is 9.97. The van der Waals surface area contributed by atoms with Gasteiger partial charge < -0.3 is 11.1 Å². The average Bonchev–Trinajstić information content (AvgIpc) is 2.76. The molecule has 5 aromatic carbocycles. The zero-order valence-electron chi connectivity index (χ0n) is 16.1. The van der Waals surface area contributed by atoms with Crippen LogP contribution in [-0.2, 0) is 0 Å². The molecule has 0 saturated heterocycles. The summed E-state index contributed by atoms with van der Waals surface area (Å²) in [5.74, 6) is -0.156. The molecule has 0 atom stereocenters. The number of benzene rings is 5. The third-order valence-corrected chi connectivity index (χ3v) is 5.57. The van der Waals surface area contributed by atoms with E-state index in [9.17, 15) is 4.79 Å². The van der Waals surface area contributed by atoms with Crippen LogP contribution in [0.1, 0.15) is 15.9 Å². The summed E-state index contributed by atoms with van der Waals surface area (Å²) in [4.78, 5) is 13.3. The van der Waals surface area contributed by atoms with E-state index in [0.717, 1.165) is 37.9 Å². The summed E-state index contributed by atoms with van der Waals surface area (Å²) in [6.07, 6.45) is 0. The molecule has 140 valence electrons. The molecule has 0 radical (unpaired) electrons. The smallest absolute Gasteiger partial charge is 0.256 e. The summed E-state index contributed by atoms with van der Waals surface area (Å²) < 4.78 is 0. The van der Waals surface area contributed by atoms with Crippen molar-refractivity contribution in [3.63, 3.8) is 0 Å². The quantitative estimate of drug-likeness (QED) is 0.216. The second kappa shape index (κ2) is 6.64. The maximum Gasteiger partial charge on any atom is 0.256 e. The monoisotopic (exact) mass is 376 g/mol. The van der Waals surface area contributed by atoms with Gasteiger partial charge in [-0.3, -0.25) is 4.79 Å². The first-order valence-corrected chi connectivity index (χ1v) is 9.64. The standard InChI is InChI=1S/C26H20N2O/c1-16-8-6-9-17-10-7-15-22(23(16)17)26(29)28-25-21-14-5-3-12-19(21)18-11-2-4-13-20(18)24(25)27/h2-15H,27H2,1H3,(H,28,29). The van der Waals surface area contributed by atoms with Gasteiger partial charge in [0.15, 0.2) is 0 Å². The minimum atomic E-state index is -0.156. The van der Waals surface area contributed by atoms with Crippen molar-refractivity contribution in [3.05, 3.63) is 96.1 Å². The molecule has 1 amide bonds. The van der Waals surface area contributed by atoms with E-state index < -0.39 is 0 Å². The van der Waals surface area contributed by atoms with Gasteiger partial charge in [0, 0.05) is 16.3 Å². The lowest BCUT2D eigenvalue weighted by molar-refractivity contribution is 0.102. The SMILES string of the molecule is Cc1cccc2cccc(C(=O)Nc3c(N)c4ccccc4c4ccccc34)c12. The summed E-state index contributed by atoms with van der Waals surface area (Å²) in [6, 6.07) is 27.9. The Balaban J connectivity index is 1.72. The van der Waals surface area contributed by atoms with Crippen molar-refractivity contribution in [3.8, 4) is 0 Å². The Morgan fingerprint density at radius 3 is 2.03 bits per heavy atom. The molecule has 5 aromatic rings. The average molecular weight is 376 g/mol. The fourth-order valence-corrected chi connectivity index (χ4v) is 4.20. The van der Waals surface area contributed by atoms with Gasteiger partial charge in [-0.25, -0.2) is 0 Å². The van der Waals surface area contributed by atoms with Crippen LogP contribution < -0.4 is 11.1 Å². The number of anilines is 2. The lowest BCUT2D eigenvalue weighted by Gasteiger charge is -2.16. The highest BCUT2D eigenvalue weighted by molar-refractivity contribution is 6.24. The summed E-state index contributed by atoms with van der Waals surface area (Å²) >= 11 is 0. The van der Waals surface area contributed by atoms with Crippen LogP contribution in [0.3, 0.4) is 0 Å². The number of carbonyl (C=O) groups excluding carboxylic acids is 1. The maximum atomic E-state index is 13.3. The van der Waals surface area contributed by atoms with Gasteiger partial charge in [0.1, 0.15) is 0 Å². The summed E-state index contributed by atoms with van der Waals surface area (Å²) in [6.45, 7) is 2.03. The van der Waals surface area contributed by atoms with Gasteiger partial charge in [0.05, 0.1) is 11.4 Å². The summed E-state index contributed by atoms with van der Waals surface area (Å²) in [7, 11) is 0. The van der Waals surface area contributed by atoms with Gasteiger partial charge in [-0.05, 0) is 40.1 Å². The van der Waals surface area contributed by atoms with Gasteiger partial charge in [-0.15, -0.1) is 0 Å². The number of nitrogen functional groups attached to an aromatic ring is 1. The van der Waals surface area contributed by atoms with Crippen molar-refractivity contribution in [2.45, 2.75) is 6.92 Å². The first-order valence-electron chi connectivity index (χ1n) is 9.64. The molecule has 0 unspecified atom stereocenters. The number of amides is 1. The first kappa shape index (κ1) is 17.3. The maximum absolute atomic E-state index is 13.3. The molecule has 3 N–H and O–H groups in total. The lowest BCUT2D eigenvalue weighted by Crippen LogP contribution is -2.14. The van der Waals surface area contributed by atoms with Crippen LogP contribution in [0.4, 0.5) is 11.4 Å². The van der Waals surface area contributed by atoms with Gasteiger partial charge in [-0.1, -0.05) is 78.9 Å². The molecular weight excluding hydrogens is 356 g/mol. The van der Waals surface area contributed by atoms with E-state index in [-0.39, 0.29) is 5.91 Å². The van der Waals surface area contributed by atoms with E-state index in [1.807, 2.05) is 79.7 Å². The molecule has 0 fully saturated rings. The number of fused-ring (bicyclic) bond motifs is 4. The van der Waals surface area contributed by atoms with Crippen LogP contribution in [-0.4, -0.2) is 5.91 Å². The predicted octanol–water partition coefficient (Wildman–Crippen LogP) is 6.29. The topological polar surface area (TPSA) is 55.1 Å². The first-order chi connectivity index (χ1) is 14.1. The largest absolute Gasteiger partial charge is 0.397 e. The second-order valence-corrected chi connectivity index (χ2v) is 7.31. The molecule has 0 aromatic heterocycles. The normalized spacial score (nSPS) is 11.2. The van der Waals surface area contributed by atoms with Gasteiger partial charge >= 0.3 is 0 Å². The van der Waals surface area contributed by atoms with E-state index in [1.54, 1.807) is 0 Å². The molecule has 29 heavy (non-hydrogen) atoms. The van der Waals surface area contributed by atoms with Gasteiger partial charge in [0.25, 0.3) is 5.91 Å². The molecule has 0 spiro atoms. The van der Waals surface area contributed by atoms with E-state index >= 15 is 0 Å². The number of hydrogen-bond donors (Lipinski definition) is 2. The minimum absolute atomic E-state index is 0.156. The van der Waals surface area contributed by atoms with E-state index in [2.05, 4.69) is 17.4 Å². The van der Waals surface area contributed by atoms with Crippen molar-refractivity contribution in [2.75, 3.05) is 11.1 Å². The Bertz CT molecular complexity index is 1410. The van der Waals surface area contributed by atoms with Crippen LogP contribution >= 0.6 is 0 Å². The van der Waals surface area contributed by atoms with Gasteiger partial charge in [0.2, 0.25) is 0 Å². The molecule has 0 aliphatic heterocycles. The summed E-state index contributed by atoms with van der Waals surface area (Å²) in [5, 5.41) is 9.17. The fourth-order valence-electron chi connectivity index (χ4n) is 4.20. The third kappa shape index (κ3) is 2.71. The number of rotatable bonds is 2. The van der Waals surface area contributed by atoms with Crippen LogP contribution in [0.2, 0.25) is 0 Å². The molecule has 5 rings (SSSR count). The van der Waals surface area contributed by atoms with Crippen LogP contribution in [0.15, 0.2) is 84.9 Å². The molecular formula is C26H20N2O. The zero-order valence-corrected chi connectivity index (χ0v) is 16.1. The molecule has 0 bridgehead atoms. The second-order valence-electron chi connectivity index (χ2n) is 7.31. The molecule has 0 aliphatic rings. The van der Waals surface area contributed by atoms with Crippen LogP contribution in [0.25, 0.3) is 32.3 Å². The highest BCUT2D eigenvalue weighted by atomic mass is 16.1. The minimum Gasteiger partial charge on any atom is -0.397 e. The Morgan fingerprint density at radius 1 is 0.724 bits per heavy atom. The molecule has 3 heteroatoms. The molecule has 0 heterocycles. The van der Waals surface area contributed by atoms with E-state index in [0.29, 0.717) is 16.9 Å². The Morgan fingerprint density at radius 2 is 1.31 bits per heavy atom. The molecule has 0 saturated carbocycles. The van der Waals surface area contributed by atoms with Gasteiger partial charge in [-0.2, -0.15) is 0 Å². The Hall–Kier alpha value is -3.85. The summed E-state index contributed by atoms with van der Waals surface area (Å²) in [5.41, 5.74) is 9.51. The Kier molecular flexibility index (Phi) is 3.95.